The lowest BCUT2D eigenvalue weighted by molar-refractivity contribution is 0.210. The highest BCUT2D eigenvalue weighted by Crippen LogP contribution is 2.37. The van der Waals surface area contributed by atoms with Crippen molar-refractivity contribution in [3.63, 3.8) is 0 Å². The van der Waals surface area contributed by atoms with Gasteiger partial charge in [-0.1, -0.05) is 0 Å². The van der Waals surface area contributed by atoms with Crippen LogP contribution < -0.4 is 5.32 Å². The number of rotatable bonds is 3. The molecule has 1 aromatic carbocycles. The van der Waals surface area contributed by atoms with Crippen LogP contribution in [0.25, 0.3) is 10.9 Å². The van der Waals surface area contributed by atoms with Crippen molar-refractivity contribution in [3.8, 4) is 11.8 Å². The van der Waals surface area contributed by atoms with E-state index in [9.17, 15) is 10.4 Å². The lowest BCUT2D eigenvalue weighted by Crippen LogP contribution is -2.40. The Hall–Kier alpha value is -2.32. The zero-order valence-corrected chi connectivity index (χ0v) is 15.7. The van der Waals surface area contributed by atoms with Gasteiger partial charge in [0.15, 0.2) is 0 Å². The van der Waals surface area contributed by atoms with Crippen LogP contribution in [0.5, 0.6) is 5.75 Å². The number of hydrogen-bond acceptors (Lipinski definition) is 5. The molecule has 2 fully saturated rings. The third-order valence-corrected chi connectivity index (χ3v) is 6.44. The number of fused-ring (bicyclic) bond motifs is 2. The molecule has 5 heteroatoms. The van der Waals surface area contributed by atoms with Crippen molar-refractivity contribution in [2.75, 3.05) is 18.4 Å². The topological polar surface area (TPSA) is 72.2 Å². The molecule has 1 saturated heterocycles. The Bertz CT molecular complexity index is 920. The van der Waals surface area contributed by atoms with Crippen LogP contribution in [0.4, 0.5) is 5.69 Å². The summed E-state index contributed by atoms with van der Waals surface area (Å²) in [6.45, 7) is 2.36. The molecule has 0 radical (unpaired) electrons. The summed E-state index contributed by atoms with van der Waals surface area (Å²) in [6.07, 6.45) is 9.49. The molecule has 27 heavy (non-hydrogen) atoms. The molecule has 0 atom stereocenters. The summed E-state index contributed by atoms with van der Waals surface area (Å²) in [7, 11) is 0. The van der Waals surface area contributed by atoms with E-state index in [1.807, 2.05) is 0 Å². The third-order valence-electron chi connectivity index (χ3n) is 6.44. The number of hydrogen-bond donors (Lipinski definition) is 2. The fraction of sp³-hybridized carbons (Fsp3) is 0.545. The second kappa shape index (κ2) is 6.69. The molecule has 1 saturated carbocycles. The summed E-state index contributed by atoms with van der Waals surface area (Å²) in [5, 5.41) is 24.3. The van der Waals surface area contributed by atoms with Crippen LogP contribution in [0.3, 0.4) is 0 Å². The van der Waals surface area contributed by atoms with Crippen molar-refractivity contribution < 1.29 is 5.11 Å². The van der Waals surface area contributed by atoms with Gasteiger partial charge in [0, 0.05) is 41.9 Å². The monoisotopic (exact) mass is 362 g/mol. The lowest BCUT2D eigenvalue weighted by Gasteiger charge is -2.34. The number of phenols is 1. The molecule has 140 valence electrons. The van der Waals surface area contributed by atoms with Crippen molar-refractivity contribution >= 4 is 16.6 Å². The van der Waals surface area contributed by atoms with Gasteiger partial charge in [-0.05, 0) is 69.1 Å². The number of aromatic nitrogens is 1. The van der Waals surface area contributed by atoms with Crippen molar-refractivity contribution in [1.29, 1.82) is 5.26 Å². The molecule has 3 aliphatic rings. The summed E-state index contributed by atoms with van der Waals surface area (Å²) >= 11 is 0. The number of aryl methyl sites for hydroxylation is 1. The number of piperidine rings is 1. The largest absolute Gasteiger partial charge is 0.507 e. The summed E-state index contributed by atoms with van der Waals surface area (Å²) in [5.41, 5.74) is 4.76. The highest BCUT2D eigenvalue weighted by Gasteiger charge is 2.32. The standard InChI is InChI=1S/C22H26N4O/c23-13-14-11-20-18(12-21(14)27)22(17-3-1-2-4-19(17)25-20)24-15-7-9-26(10-8-15)16-5-6-16/h11-12,15-16,27H,1-10H2,(H,24,25). The van der Waals surface area contributed by atoms with Gasteiger partial charge < -0.3 is 15.3 Å². The van der Waals surface area contributed by atoms with Gasteiger partial charge in [0.2, 0.25) is 0 Å². The van der Waals surface area contributed by atoms with Crippen LogP contribution in [0.15, 0.2) is 12.1 Å². The number of nitriles is 1. The van der Waals surface area contributed by atoms with Crippen LogP contribution in [0, 0.1) is 11.3 Å². The molecular weight excluding hydrogens is 336 g/mol. The number of aromatic hydroxyl groups is 1. The van der Waals surface area contributed by atoms with Crippen LogP contribution in [-0.4, -0.2) is 40.2 Å². The first-order valence-corrected chi connectivity index (χ1v) is 10.3. The van der Waals surface area contributed by atoms with Crippen molar-refractivity contribution in [1.82, 2.24) is 9.88 Å². The number of pyridine rings is 1. The highest BCUT2D eigenvalue weighted by atomic mass is 16.3. The molecule has 5 nitrogen and oxygen atoms in total. The first kappa shape index (κ1) is 16.8. The number of anilines is 1. The Balaban J connectivity index is 1.51. The Morgan fingerprint density at radius 3 is 2.63 bits per heavy atom. The van der Waals surface area contributed by atoms with E-state index in [1.165, 1.54) is 50.0 Å². The van der Waals surface area contributed by atoms with Crippen molar-refractivity contribution in [2.24, 2.45) is 0 Å². The van der Waals surface area contributed by atoms with E-state index >= 15 is 0 Å². The normalized spacial score (nSPS) is 21.0. The molecule has 2 N–H and O–H groups in total. The van der Waals surface area contributed by atoms with Gasteiger partial charge in [0.1, 0.15) is 11.8 Å². The maximum absolute atomic E-state index is 10.3. The summed E-state index contributed by atoms with van der Waals surface area (Å²) in [5.74, 6) is 0.0502. The average molecular weight is 362 g/mol. The first-order valence-electron chi connectivity index (χ1n) is 10.3. The fourth-order valence-electron chi connectivity index (χ4n) is 4.77. The van der Waals surface area contributed by atoms with E-state index < -0.39 is 0 Å². The van der Waals surface area contributed by atoms with Gasteiger partial charge in [-0.2, -0.15) is 5.26 Å². The smallest absolute Gasteiger partial charge is 0.134 e. The Kier molecular flexibility index (Phi) is 4.17. The van der Waals surface area contributed by atoms with Crippen molar-refractivity contribution in [2.45, 2.75) is 63.5 Å². The number of phenolic OH excluding ortho intramolecular Hbond substituents is 1. The molecule has 0 bridgehead atoms. The van der Waals surface area contributed by atoms with E-state index in [0.717, 1.165) is 48.3 Å². The molecule has 1 aromatic heterocycles. The molecule has 0 spiro atoms. The minimum atomic E-state index is 0.0502. The van der Waals surface area contributed by atoms with Gasteiger partial charge in [-0.25, -0.2) is 0 Å². The predicted octanol–water partition coefficient (Wildman–Crippen LogP) is 3.73. The number of nitrogens with one attached hydrogen (secondary N) is 1. The van der Waals surface area contributed by atoms with Gasteiger partial charge >= 0.3 is 0 Å². The van der Waals surface area contributed by atoms with E-state index in [-0.39, 0.29) is 5.75 Å². The predicted molar refractivity (Wildman–Crippen MR) is 106 cm³/mol. The average Bonchev–Trinajstić information content (AvgIpc) is 3.54. The minimum Gasteiger partial charge on any atom is -0.507 e. The molecule has 0 unspecified atom stereocenters. The van der Waals surface area contributed by atoms with E-state index in [4.69, 9.17) is 4.98 Å². The van der Waals surface area contributed by atoms with E-state index in [2.05, 4.69) is 16.3 Å². The van der Waals surface area contributed by atoms with Crippen LogP contribution in [0.1, 0.15) is 55.3 Å². The highest BCUT2D eigenvalue weighted by molar-refractivity contribution is 5.95. The Morgan fingerprint density at radius 2 is 1.89 bits per heavy atom. The summed E-state index contributed by atoms with van der Waals surface area (Å²) < 4.78 is 0. The molecule has 2 heterocycles. The molecule has 5 rings (SSSR count). The molecule has 1 aliphatic heterocycles. The Labute approximate surface area is 160 Å². The van der Waals surface area contributed by atoms with Gasteiger partial charge in [-0.15, -0.1) is 0 Å². The van der Waals surface area contributed by atoms with Crippen LogP contribution in [0.2, 0.25) is 0 Å². The summed E-state index contributed by atoms with van der Waals surface area (Å²) in [6, 6.07) is 6.86. The zero-order chi connectivity index (χ0) is 18.4. The van der Waals surface area contributed by atoms with Crippen LogP contribution >= 0.6 is 0 Å². The first-order chi connectivity index (χ1) is 13.2. The second-order valence-corrected chi connectivity index (χ2v) is 8.30. The Morgan fingerprint density at radius 1 is 1.11 bits per heavy atom. The quantitative estimate of drug-likeness (QED) is 0.870. The fourth-order valence-corrected chi connectivity index (χ4v) is 4.77. The number of likely N-dealkylation sites (tertiary alicyclic amines) is 1. The minimum absolute atomic E-state index is 0.0502. The van der Waals surface area contributed by atoms with E-state index in [1.54, 1.807) is 12.1 Å². The van der Waals surface area contributed by atoms with Crippen molar-refractivity contribution in [3.05, 3.63) is 29.0 Å². The molecule has 0 amide bonds. The summed E-state index contributed by atoms with van der Waals surface area (Å²) in [4.78, 5) is 7.49. The third kappa shape index (κ3) is 3.12. The second-order valence-electron chi connectivity index (χ2n) is 8.30. The molecule has 2 aromatic rings. The van der Waals surface area contributed by atoms with Gasteiger partial charge in [0.05, 0.1) is 11.1 Å². The van der Waals surface area contributed by atoms with Gasteiger partial charge in [-0.3, -0.25) is 4.98 Å². The maximum Gasteiger partial charge on any atom is 0.134 e. The lowest BCUT2D eigenvalue weighted by atomic mass is 9.91. The SMILES string of the molecule is N#Cc1cc2nc3c(c(NC4CCN(C5CC5)CC4)c2cc1O)CCCC3. The van der Waals surface area contributed by atoms with E-state index in [0.29, 0.717) is 11.6 Å². The molecule has 2 aliphatic carbocycles. The van der Waals surface area contributed by atoms with Crippen LogP contribution in [-0.2, 0) is 12.8 Å². The molecular formula is C22H26N4O. The maximum atomic E-state index is 10.3. The zero-order valence-electron chi connectivity index (χ0n) is 15.7. The van der Waals surface area contributed by atoms with Gasteiger partial charge in [0.25, 0.3) is 0 Å². The number of benzene rings is 1. The number of nitrogens with zero attached hydrogens (tertiary/aromatic N) is 3.